The van der Waals surface area contributed by atoms with Crippen LogP contribution in [0.2, 0.25) is 0 Å². The topological polar surface area (TPSA) is 55.6 Å². The average Bonchev–Trinajstić information content (AvgIpc) is 2.29. The van der Waals surface area contributed by atoms with E-state index < -0.39 is 0 Å². The van der Waals surface area contributed by atoms with Gasteiger partial charge in [-0.1, -0.05) is 6.92 Å². The zero-order chi connectivity index (χ0) is 11.3. The third kappa shape index (κ3) is 3.80. The van der Waals surface area contributed by atoms with Crippen LogP contribution in [0.5, 0.6) is 0 Å². The zero-order valence-electron chi connectivity index (χ0n) is 9.74. The molecule has 4 heteroatoms. The highest BCUT2D eigenvalue weighted by Crippen LogP contribution is 2.16. The minimum absolute atomic E-state index is 0.0237. The monoisotopic (exact) mass is 214 g/mol. The molecule has 0 aliphatic carbocycles. The number of carbonyl (C=O) groups is 1. The van der Waals surface area contributed by atoms with Crippen molar-refractivity contribution in [2.75, 3.05) is 33.3 Å². The summed E-state index contributed by atoms with van der Waals surface area (Å²) in [5.41, 5.74) is 5.63. The highest BCUT2D eigenvalue weighted by molar-refractivity contribution is 5.72. The Bertz CT molecular complexity index is 201. The van der Waals surface area contributed by atoms with Gasteiger partial charge in [0, 0.05) is 6.54 Å². The second kappa shape index (κ2) is 6.08. The van der Waals surface area contributed by atoms with E-state index in [0.29, 0.717) is 5.92 Å². The van der Waals surface area contributed by atoms with E-state index in [1.165, 1.54) is 7.11 Å². The van der Waals surface area contributed by atoms with Crippen LogP contribution < -0.4 is 5.73 Å². The van der Waals surface area contributed by atoms with Crippen LogP contribution in [0, 0.1) is 11.8 Å². The lowest BCUT2D eigenvalue weighted by atomic mass is 9.96. The van der Waals surface area contributed by atoms with Crippen LogP contribution in [0.1, 0.15) is 19.8 Å². The molecular formula is C11H22N2O2. The molecule has 0 aromatic carbocycles. The second-order valence-electron chi connectivity index (χ2n) is 4.40. The number of piperidine rings is 1. The van der Waals surface area contributed by atoms with E-state index in [1.807, 2.05) is 6.92 Å². The molecule has 2 N–H and O–H groups in total. The number of esters is 1. The number of likely N-dealkylation sites (tertiary alicyclic amines) is 1. The minimum atomic E-state index is -0.115. The molecule has 1 aliphatic rings. The third-order valence-corrected chi connectivity index (χ3v) is 3.18. The quantitative estimate of drug-likeness (QED) is 0.691. The van der Waals surface area contributed by atoms with Crippen LogP contribution in [0.25, 0.3) is 0 Å². The van der Waals surface area contributed by atoms with E-state index in [1.54, 1.807) is 0 Å². The molecule has 1 atom stereocenters. The molecule has 1 rings (SSSR count). The van der Waals surface area contributed by atoms with Crippen LogP contribution in [0.4, 0.5) is 0 Å². The fourth-order valence-electron chi connectivity index (χ4n) is 2.07. The SMILES string of the molecule is COC(=O)C(C)CN1CCC(CN)CC1. The number of nitrogens with two attached hydrogens (primary N) is 1. The van der Waals surface area contributed by atoms with E-state index in [0.717, 1.165) is 39.0 Å². The Balaban J connectivity index is 2.26. The number of hydrogen-bond donors (Lipinski definition) is 1. The van der Waals surface area contributed by atoms with Crippen molar-refractivity contribution in [3.63, 3.8) is 0 Å². The smallest absolute Gasteiger partial charge is 0.309 e. The van der Waals surface area contributed by atoms with Crippen molar-refractivity contribution < 1.29 is 9.53 Å². The van der Waals surface area contributed by atoms with Gasteiger partial charge in [0.2, 0.25) is 0 Å². The summed E-state index contributed by atoms with van der Waals surface area (Å²) in [6.45, 7) is 5.64. The van der Waals surface area contributed by atoms with E-state index in [2.05, 4.69) is 4.90 Å². The number of nitrogens with zero attached hydrogens (tertiary/aromatic N) is 1. The van der Waals surface area contributed by atoms with Crippen LogP contribution in [0.15, 0.2) is 0 Å². The van der Waals surface area contributed by atoms with Crippen molar-refractivity contribution in [3.8, 4) is 0 Å². The lowest BCUT2D eigenvalue weighted by molar-refractivity contribution is -0.145. The molecule has 1 aliphatic heterocycles. The summed E-state index contributed by atoms with van der Waals surface area (Å²) in [7, 11) is 1.44. The Hall–Kier alpha value is -0.610. The molecule has 4 nitrogen and oxygen atoms in total. The standard InChI is InChI=1S/C11H22N2O2/c1-9(11(14)15-2)8-13-5-3-10(7-12)4-6-13/h9-10H,3-8,12H2,1-2H3. The maximum atomic E-state index is 11.2. The maximum absolute atomic E-state index is 11.2. The molecule has 0 saturated carbocycles. The largest absolute Gasteiger partial charge is 0.469 e. The molecule has 0 bridgehead atoms. The maximum Gasteiger partial charge on any atom is 0.309 e. The van der Waals surface area contributed by atoms with Crippen molar-refractivity contribution in [2.45, 2.75) is 19.8 Å². The van der Waals surface area contributed by atoms with Gasteiger partial charge in [-0.2, -0.15) is 0 Å². The van der Waals surface area contributed by atoms with Gasteiger partial charge in [0.25, 0.3) is 0 Å². The Labute approximate surface area is 91.8 Å². The summed E-state index contributed by atoms with van der Waals surface area (Å²) in [5, 5.41) is 0. The summed E-state index contributed by atoms with van der Waals surface area (Å²) < 4.78 is 4.71. The summed E-state index contributed by atoms with van der Waals surface area (Å²) in [5.74, 6) is 0.537. The minimum Gasteiger partial charge on any atom is -0.469 e. The predicted octanol–water partition coefficient (Wildman–Crippen LogP) is 0.466. The van der Waals surface area contributed by atoms with Crippen LogP contribution in [-0.2, 0) is 9.53 Å². The van der Waals surface area contributed by atoms with Gasteiger partial charge in [-0.05, 0) is 38.4 Å². The molecular weight excluding hydrogens is 192 g/mol. The molecule has 0 aromatic heterocycles. The summed E-state index contributed by atoms with van der Waals surface area (Å²) in [4.78, 5) is 13.6. The van der Waals surface area contributed by atoms with E-state index in [9.17, 15) is 4.79 Å². The van der Waals surface area contributed by atoms with Crippen molar-refractivity contribution in [2.24, 2.45) is 17.6 Å². The van der Waals surface area contributed by atoms with Crippen molar-refractivity contribution in [3.05, 3.63) is 0 Å². The first kappa shape index (κ1) is 12.5. The van der Waals surface area contributed by atoms with Gasteiger partial charge in [0.05, 0.1) is 13.0 Å². The van der Waals surface area contributed by atoms with Crippen LogP contribution in [0.3, 0.4) is 0 Å². The van der Waals surface area contributed by atoms with Gasteiger partial charge in [0.1, 0.15) is 0 Å². The lowest BCUT2D eigenvalue weighted by Crippen LogP contribution is -2.39. The fourth-order valence-corrected chi connectivity index (χ4v) is 2.07. The summed E-state index contributed by atoms with van der Waals surface area (Å²) >= 11 is 0. The molecule has 0 radical (unpaired) electrons. The lowest BCUT2D eigenvalue weighted by Gasteiger charge is -2.32. The average molecular weight is 214 g/mol. The number of ether oxygens (including phenoxy) is 1. The first-order valence-electron chi connectivity index (χ1n) is 5.67. The normalized spacial score (nSPS) is 21.3. The molecule has 15 heavy (non-hydrogen) atoms. The first-order chi connectivity index (χ1) is 7.17. The number of methoxy groups -OCH3 is 1. The van der Waals surface area contributed by atoms with Gasteiger partial charge < -0.3 is 15.4 Å². The molecule has 1 saturated heterocycles. The summed E-state index contributed by atoms with van der Waals surface area (Å²) in [6.07, 6.45) is 2.31. The zero-order valence-corrected chi connectivity index (χ0v) is 9.74. The van der Waals surface area contributed by atoms with E-state index in [-0.39, 0.29) is 11.9 Å². The first-order valence-corrected chi connectivity index (χ1v) is 5.67. The van der Waals surface area contributed by atoms with Gasteiger partial charge in [-0.15, -0.1) is 0 Å². The Morgan fingerprint density at radius 3 is 2.60 bits per heavy atom. The van der Waals surface area contributed by atoms with Gasteiger partial charge in [-0.3, -0.25) is 4.79 Å². The van der Waals surface area contributed by atoms with Gasteiger partial charge in [-0.25, -0.2) is 0 Å². The fraction of sp³-hybridized carbons (Fsp3) is 0.909. The molecule has 1 unspecified atom stereocenters. The number of carbonyl (C=O) groups excluding carboxylic acids is 1. The van der Waals surface area contributed by atoms with Crippen LogP contribution in [-0.4, -0.2) is 44.2 Å². The van der Waals surface area contributed by atoms with Crippen molar-refractivity contribution in [1.82, 2.24) is 4.90 Å². The summed E-state index contributed by atoms with van der Waals surface area (Å²) in [6, 6.07) is 0. The van der Waals surface area contributed by atoms with E-state index >= 15 is 0 Å². The van der Waals surface area contributed by atoms with Crippen molar-refractivity contribution in [1.29, 1.82) is 0 Å². The van der Waals surface area contributed by atoms with Crippen LogP contribution >= 0.6 is 0 Å². The Kier molecular flexibility index (Phi) is 5.05. The number of hydrogen-bond acceptors (Lipinski definition) is 4. The molecule has 1 fully saturated rings. The molecule has 0 spiro atoms. The highest BCUT2D eigenvalue weighted by atomic mass is 16.5. The predicted molar refractivity (Wildman–Crippen MR) is 59.4 cm³/mol. The van der Waals surface area contributed by atoms with Gasteiger partial charge in [0.15, 0.2) is 0 Å². The second-order valence-corrected chi connectivity index (χ2v) is 4.40. The molecule has 0 aromatic rings. The molecule has 1 heterocycles. The number of rotatable bonds is 4. The Morgan fingerprint density at radius 1 is 1.53 bits per heavy atom. The van der Waals surface area contributed by atoms with Gasteiger partial charge >= 0.3 is 5.97 Å². The molecule has 0 amide bonds. The molecule has 88 valence electrons. The van der Waals surface area contributed by atoms with Crippen molar-refractivity contribution >= 4 is 5.97 Å². The highest BCUT2D eigenvalue weighted by Gasteiger charge is 2.22. The van der Waals surface area contributed by atoms with E-state index in [4.69, 9.17) is 10.5 Å². The Morgan fingerprint density at radius 2 is 2.13 bits per heavy atom. The third-order valence-electron chi connectivity index (χ3n) is 3.18.